The van der Waals surface area contributed by atoms with Crippen molar-refractivity contribution in [1.82, 2.24) is 10.2 Å². The number of carboxylic acids is 1. The summed E-state index contributed by atoms with van der Waals surface area (Å²) in [5.41, 5.74) is 2.67. The van der Waals surface area contributed by atoms with Gasteiger partial charge in [0, 0.05) is 6.54 Å². The number of urea groups is 1. The number of carbonyl (C=O) groups is 2. The summed E-state index contributed by atoms with van der Waals surface area (Å²) < 4.78 is 21.9. The van der Waals surface area contributed by atoms with Gasteiger partial charge in [0.25, 0.3) is 0 Å². The van der Waals surface area contributed by atoms with E-state index in [1.165, 1.54) is 0 Å². The van der Waals surface area contributed by atoms with E-state index in [1.807, 2.05) is 24.3 Å². The lowest BCUT2D eigenvalue weighted by Gasteiger charge is -2.39. The lowest BCUT2D eigenvalue weighted by Crippen LogP contribution is -2.52. The molecule has 0 radical (unpaired) electrons. The van der Waals surface area contributed by atoms with E-state index in [9.17, 15) is 14.7 Å². The molecular formula is C25H32N2O7. The largest absolute Gasteiger partial charge is 0.493 e. The predicted octanol–water partition coefficient (Wildman–Crippen LogP) is 3.49. The maximum atomic E-state index is 13.4. The molecule has 2 N–H and O–H groups in total. The van der Waals surface area contributed by atoms with Crippen LogP contribution in [0.3, 0.4) is 0 Å². The fourth-order valence-electron chi connectivity index (χ4n) is 4.28. The maximum Gasteiger partial charge on any atom is 0.326 e. The van der Waals surface area contributed by atoms with Gasteiger partial charge in [0.15, 0.2) is 23.0 Å². The zero-order valence-electron chi connectivity index (χ0n) is 20.4. The second-order valence-corrected chi connectivity index (χ2v) is 8.38. The van der Waals surface area contributed by atoms with Crippen molar-refractivity contribution >= 4 is 12.0 Å². The molecule has 34 heavy (non-hydrogen) atoms. The van der Waals surface area contributed by atoms with Crippen molar-refractivity contribution in [1.29, 1.82) is 0 Å². The van der Waals surface area contributed by atoms with Crippen LogP contribution < -0.4 is 24.3 Å². The van der Waals surface area contributed by atoms with E-state index in [-0.39, 0.29) is 5.92 Å². The Balaban J connectivity index is 2.13. The molecule has 0 aliphatic carbocycles. The number of amides is 2. The quantitative estimate of drug-likeness (QED) is 0.606. The molecule has 0 saturated carbocycles. The Labute approximate surface area is 199 Å². The molecule has 184 valence electrons. The molecule has 0 unspecified atom stereocenters. The van der Waals surface area contributed by atoms with Gasteiger partial charge in [-0.2, -0.15) is 0 Å². The third-order valence-corrected chi connectivity index (χ3v) is 6.07. The Morgan fingerprint density at radius 3 is 2.09 bits per heavy atom. The Morgan fingerprint density at radius 1 is 0.941 bits per heavy atom. The molecule has 2 atom stereocenters. The highest BCUT2D eigenvalue weighted by molar-refractivity contribution is 5.83. The van der Waals surface area contributed by atoms with Gasteiger partial charge in [0.05, 0.1) is 34.5 Å². The van der Waals surface area contributed by atoms with Crippen LogP contribution in [0.1, 0.15) is 36.6 Å². The van der Waals surface area contributed by atoms with Crippen LogP contribution in [-0.4, -0.2) is 63.0 Å². The standard InChI is InChI=1S/C25H32N2O7/c1-14(2)22(24(28)29)26-25(30)27-10-9-15-11-20(33-5)21(34-6)13-17(15)23(27)16-7-8-18(31-3)19(12-16)32-4/h7-8,11-14,22-23H,9-10H2,1-6H3,(H,26,30)(H,28,29)/t22-,23+/m0/s1. The van der Waals surface area contributed by atoms with Crippen LogP contribution in [0.25, 0.3) is 0 Å². The third kappa shape index (κ3) is 4.83. The van der Waals surface area contributed by atoms with Crippen molar-refractivity contribution in [2.24, 2.45) is 5.92 Å². The van der Waals surface area contributed by atoms with Gasteiger partial charge in [-0.3, -0.25) is 0 Å². The Hall–Kier alpha value is -3.62. The smallest absolute Gasteiger partial charge is 0.326 e. The summed E-state index contributed by atoms with van der Waals surface area (Å²) in [6, 6.07) is 7.30. The number of carboxylic acid groups (broad SMARTS) is 1. The molecule has 9 heteroatoms. The minimum Gasteiger partial charge on any atom is -0.493 e. The molecule has 1 aliphatic rings. The molecule has 2 aromatic carbocycles. The molecule has 1 heterocycles. The molecule has 2 aromatic rings. The van der Waals surface area contributed by atoms with Crippen molar-refractivity contribution in [3.63, 3.8) is 0 Å². The summed E-state index contributed by atoms with van der Waals surface area (Å²) in [5.74, 6) is 0.891. The van der Waals surface area contributed by atoms with Gasteiger partial charge in [-0.25, -0.2) is 9.59 Å². The van der Waals surface area contributed by atoms with Gasteiger partial charge >= 0.3 is 12.0 Å². The zero-order valence-corrected chi connectivity index (χ0v) is 20.4. The van der Waals surface area contributed by atoms with Gasteiger partial charge in [-0.05, 0) is 53.3 Å². The van der Waals surface area contributed by atoms with Crippen LogP contribution in [0.15, 0.2) is 30.3 Å². The number of fused-ring (bicyclic) bond motifs is 1. The molecule has 0 aromatic heterocycles. The van der Waals surface area contributed by atoms with E-state index in [0.29, 0.717) is 36.0 Å². The van der Waals surface area contributed by atoms with Crippen LogP contribution in [-0.2, 0) is 11.2 Å². The number of hydrogen-bond donors (Lipinski definition) is 2. The van der Waals surface area contributed by atoms with Gasteiger partial charge in [0.2, 0.25) is 0 Å². The molecule has 3 rings (SSSR count). The molecule has 9 nitrogen and oxygen atoms in total. The summed E-state index contributed by atoms with van der Waals surface area (Å²) in [6.07, 6.45) is 0.576. The summed E-state index contributed by atoms with van der Waals surface area (Å²) in [4.78, 5) is 26.8. The fraction of sp³-hybridized carbons (Fsp3) is 0.440. The fourth-order valence-corrected chi connectivity index (χ4v) is 4.28. The molecule has 0 saturated heterocycles. The monoisotopic (exact) mass is 472 g/mol. The van der Waals surface area contributed by atoms with Crippen LogP contribution in [0.4, 0.5) is 4.79 Å². The van der Waals surface area contributed by atoms with Crippen molar-refractivity contribution in [3.05, 3.63) is 47.0 Å². The number of carbonyl (C=O) groups excluding carboxylic acids is 1. The first-order chi connectivity index (χ1) is 16.2. The second kappa shape index (κ2) is 10.5. The minimum absolute atomic E-state index is 0.276. The number of nitrogens with one attached hydrogen (secondary N) is 1. The lowest BCUT2D eigenvalue weighted by molar-refractivity contribution is -0.140. The third-order valence-electron chi connectivity index (χ3n) is 6.07. The van der Waals surface area contributed by atoms with Crippen LogP contribution in [0.2, 0.25) is 0 Å². The summed E-state index contributed by atoms with van der Waals surface area (Å²) in [7, 11) is 6.25. The van der Waals surface area contributed by atoms with Crippen LogP contribution in [0, 0.1) is 5.92 Å². The number of methoxy groups -OCH3 is 4. The first-order valence-electron chi connectivity index (χ1n) is 11.0. The highest BCUT2D eigenvalue weighted by atomic mass is 16.5. The molecule has 0 fully saturated rings. The van der Waals surface area contributed by atoms with Gasteiger partial charge in [-0.1, -0.05) is 19.9 Å². The minimum atomic E-state index is -1.07. The number of aliphatic carboxylic acids is 1. The van der Waals surface area contributed by atoms with Crippen LogP contribution >= 0.6 is 0 Å². The summed E-state index contributed by atoms with van der Waals surface area (Å²) in [5, 5.41) is 12.3. The Kier molecular flexibility index (Phi) is 7.75. The molecule has 2 amide bonds. The van der Waals surface area contributed by atoms with Crippen molar-refractivity contribution in [2.75, 3.05) is 35.0 Å². The van der Waals surface area contributed by atoms with Crippen LogP contribution in [0.5, 0.6) is 23.0 Å². The normalized spacial score (nSPS) is 15.9. The zero-order chi connectivity index (χ0) is 25.0. The molecule has 1 aliphatic heterocycles. The first-order valence-corrected chi connectivity index (χ1v) is 11.0. The first kappa shape index (κ1) is 25.0. The summed E-state index contributed by atoms with van der Waals surface area (Å²) >= 11 is 0. The molecule has 0 spiro atoms. The van der Waals surface area contributed by atoms with Crippen molar-refractivity contribution in [2.45, 2.75) is 32.4 Å². The highest BCUT2D eigenvalue weighted by Gasteiger charge is 2.36. The van der Waals surface area contributed by atoms with Gasteiger partial charge < -0.3 is 34.3 Å². The van der Waals surface area contributed by atoms with E-state index in [4.69, 9.17) is 18.9 Å². The van der Waals surface area contributed by atoms with E-state index >= 15 is 0 Å². The number of benzene rings is 2. The SMILES string of the molecule is COc1ccc([C@@H]2c3cc(OC)c(OC)cc3CCN2C(=O)N[C@H](C(=O)O)C(C)C)cc1OC. The predicted molar refractivity (Wildman–Crippen MR) is 126 cm³/mol. The average molecular weight is 473 g/mol. The maximum absolute atomic E-state index is 13.4. The van der Waals surface area contributed by atoms with E-state index in [0.717, 1.165) is 16.7 Å². The van der Waals surface area contributed by atoms with Crippen molar-refractivity contribution < 1.29 is 33.6 Å². The van der Waals surface area contributed by atoms with Gasteiger partial charge in [-0.15, -0.1) is 0 Å². The van der Waals surface area contributed by atoms with Crippen molar-refractivity contribution in [3.8, 4) is 23.0 Å². The Morgan fingerprint density at radius 2 is 1.53 bits per heavy atom. The van der Waals surface area contributed by atoms with Gasteiger partial charge in [0.1, 0.15) is 6.04 Å². The van der Waals surface area contributed by atoms with E-state index in [2.05, 4.69) is 5.32 Å². The highest BCUT2D eigenvalue weighted by Crippen LogP contribution is 2.42. The molecule has 0 bridgehead atoms. The second-order valence-electron chi connectivity index (χ2n) is 8.38. The Bertz CT molecular complexity index is 1050. The van der Waals surface area contributed by atoms with E-state index < -0.39 is 24.1 Å². The average Bonchev–Trinajstić information content (AvgIpc) is 2.84. The summed E-state index contributed by atoms with van der Waals surface area (Å²) in [6.45, 7) is 3.90. The number of nitrogens with zero attached hydrogens (tertiary/aromatic N) is 1. The topological polar surface area (TPSA) is 107 Å². The molecular weight excluding hydrogens is 440 g/mol. The number of rotatable bonds is 8. The van der Waals surface area contributed by atoms with E-state index in [1.54, 1.807) is 53.3 Å². The number of hydrogen-bond acceptors (Lipinski definition) is 6. The lowest BCUT2D eigenvalue weighted by atomic mass is 9.87. The number of ether oxygens (including phenoxy) is 4.